The van der Waals surface area contributed by atoms with Gasteiger partial charge in [0.25, 0.3) is 0 Å². The van der Waals surface area contributed by atoms with Gasteiger partial charge in [0.2, 0.25) is 10.0 Å². The van der Waals surface area contributed by atoms with E-state index in [1.165, 1.54) is 26.3 Å². The summed E-state index contributed by atoms with van der Waals surface area (Å²) < 4.78 is 42.8. The highest BCUT2D eigenvalue weighted by Gasteiger charge is 2.19. The molecule has 0 unspecified atom stereocenters. The SMILES string of the molecule is COc1ccc(CN(C)S(=O)(=O)CCC(=O)O)cc1F. The maximum absolute atomic E-state index is 13.5. The molecule has 1 aromatic rings. The van der Waals surface area contributed by atoms with E-state index in [9.17, 15) is 17.6 Å². The van der Waals surface area contributed by atoms with Crippen LogP contribution in [0.5, 0.6) is 5.75 Å². The lowest BCUT2D eigenvalue weighted by atomic mass is 10.2. The van der Waals surface area contributed by atoms with Gasteiger partial charge in [0.15, 0.2) is 11.6 Å². The predicted molar refractivity (Wildman–Crippen MR) is 70.5 cm³/mol. The molecule has 112 valence electrons. The number of nitrogens with zero attached hydrogens (tertiary/aromatic N) is 1. The molecule has 1 rings (SSSR count). The minimum absolute atomic E-state index is 0.0388. The first-order chi connectivity index (χ1) is 9.26. The second-order valence-corrected chi connectivity index (χ2v) is 6.38. The third-order valence-electron chi connectivity index (χ3n) is 2.67. The molecule has 0 aliphatic carbocycles. The van der Waals surface area contributed by atoms with Gasteiger partial charge in [0.05, 0.1) is 19.3 Å². The Labute approximate surface area is 116 Å². The average Bonchev–Trinajstić information content (AvgIpc) is 2.36. The molecular formula is C12H16FNO5S. The number of hydrogen-bond acceptors (Lipinski definition) is 4. The van der Waals surface area contributed by atoms with Crippen molar-refractivity contribution in [1.29, 1.82) is 0 Å². The number of sulfonamides is 1. The third kappa shape index (κ3) is 4.46. The van der Waals surface area contributed by atoms with E-state index in [0.29, 0.717) is 5.56 Å². The van der Waals surface area contributed by atoms with Crippen molar-refractivity contribution in [1.82, 2.24) is 4.31 Å². The monoisotopic (exact) mass is 305 g/mol. The Kier molecular flexibility index (Phi) is 5.46. The van der Waals surface area contributed by atoms with Crippen molar-refractivity contribution in [2.45, 2.75) is 13.0 Å². The molecule has 0 fully saturated rings. The number of carboxylic acids is 1. The fraction of sp³-hybridized carbons (Fsp3) is 0.417. The summed E-state index contributed by atoms with van der Waals surface area (Å²) in [5.41, 5.74) is 0.449. The summed E-state index contributed by atoms with van der Waals surface area (Å²) in [5.74, 6) is -2.18. The first kappa shape index (κ1) is 16.4. The third-order valence-corrected chi connectivity index (χ3v) is 4.47. The molecule has 0 spiro atoms. The van der Waals surface area contributed by atoms with E-state index >= 15 is 0 Å². The van der Waals surface area contributed by atoms with Gasteiger partial charge >= 0.3 is 5.97 Å². The zero-order valence-electron chi connectivity index (χ0n) is 11.2. The maximum Gasteiger partial charge on any atom is 0.304 e. The molecule has 8 heteroatoms. The molecule has 0 aliphatic heterocycles. The molecule has 0 saturated heterocycles. The standard InChI is InChI=1S/C12H16FNO5S/c1-14(20(17,18)6-5-12(15)16)8-9-3-4-11(19-2)10(13)7-9/h3-4,7H,5-6,8H2,1-2H3,(H,15,16). The van der Waals surface area contributed by atoms with Gasteiger partial charge in [0, 0.05) is 13.6 Å². The summed E-state index contributed by atoms with van der Waals surface area (Å²) in [5, 5.41) is 8.50. The summed E-state index contributed by atoms with van der Waals surface area (Å²) in [6.07, 6.45) is -0.469. The molecule has 20 heavy (non-hydrogen) atoms. The van der Waals surface area contributed by atoms with Crippen LogP contribution < -0.4 is 4.74 Å². The molecule has 0 heterocycles. The minimum Gasteiger partial charge on any atom is -0.494 e. The number of aliphatic carboxylic acids is 1. The lowest BCUT2D eigenvalue weighted by Crippen LogP contribution is -2.29. The zero-order chi connectivity index (χ0) is 15.3. The van der Waals surface area contributed by atoms with Crippen molar-refractivity contribution in [2.24, 2.45) is 0 Å². The van der Waals surface area contributed by atoms with Gasteiger partial charge in [-0.1, -0.05) is 6.07 Å². The number of benzene rings is 1. The van der Waals surface area contributed by atoms with E-state index in [1.807, 2.05) is 0 Å². The highest BCUT2D eigenvalue weighted by Crippen LogP contribution is 2.19. The Hall–Kier alpha value is -1.67. The van der Waals surface area contributed by atoms with Gasteiger partial charge in [-0.25, -0.2) is 17.1 Å². The number of carboxylic acid groups (broad SMARTS) is 1. The molecule has 0 aromatic heterocycles. The van der Waals surface area contributed by atoms with Crippen molar-refractivity contribution in [2.75, 3.05) is 19.9 Å². The molecule has 0 aliphatic rings. The van der Waals surface area contributed by atoms with E-state index in [1.54, 1.807) is 6.07 Å². The second kappa shape index (κ2) is 6.67. The first-order valence-corrected chi connectivity index (χ1v) is 7.35. The van der Waals surface area contributed by atoms with Crippen LogP contribution in [0.25, 0.3) is 0 Å². The van der Waals surface area contributed by atoms with Crippen LogP contribution in [0, 0.1) is 5.82 Å². The maximum atomic E-state index is 13.5. The summed E-state index contributed by atoms with van der Waals surface area (Å²) in [6.45, 7) is -0.0388. The van der Waals surface area contributed by atoms with E-state index < -0.39 is 34.0 Å². The van der Waals surface area contributed by atoms with Gasteiger partial charge in [-0.2, -0.15) is 0 Å². The highest BCUT2D eigenvalue weighted by molar-refractivity contribution is 7.89. The summed E-state index contributed by atoms with van der Waals surface area (Å²) in [6, 6.07) is 4.13. The Morgan fingerprint density at radius 3 is 2.60 bits per heavy atom. The molecular weight excluding hydrogens is 289 g/mol. The lowest BCUT2D eigenvalue weighted by molar-refractivity contribution is -0.136. The number of carbonyl (C=O) groups is 1. The molecule has 0 bridgehead atoms. The zero-order valence-corrected chi connectivity index (χ0v) is 12.0. The van der Waals surface area contributed by atoms with E-state index in [-0.39, 0.29) is 12.3 Å². The van der Waals surface area contributed by atoms with Crippen molar-refractivity contribution < 1.29 is 27.4 Å². The number of halogens is 1. The van der Waals surface area contributed by atoms with Crippen LogP contribution in [-0.4, -0.2) is 43.7 Å². The minimum atomic E-state index is -3.68. The van der Waals surface area contributed by atoms with Crippen molar-refractivity contribution in [3.8, 4) is 5.75 Å². The van der Waals surface area contributed by atoms with Crippen LogP contribution in [0.4, 0.5) is 4.39 Å². The second-order valence-electron chi connectivity index (χ2n) is 4.18. The van der Waals surface area contributed by atoms with Crippen molar-refractivity contribution in [3.05, 3.63) is 29.6 Å². The molecule has 0 atom stereocenters. The van der Waals surface area contributed by atoms with Crippen LogP contribution in [0.15, 0.2) is 18.2 Å². The Morgan fingerprint density at radius 1 is 1.45 bits per heavy atom. The molecule has 0 saturated carbocycles. The smallest absolute Gasteiger partial charge is 0.304 e. The highest BCUT2D eigenvalue weighted by atomic mass is 32.2. The molecule has 1 aromatic carbocycles. The van der Waals surface area contributed by atoms with Gasteiger partial charge in [-0.15, -0.1) is 0 Å². The predicted octanol–water partition coefficient (Wildman–Crippen LogP) is 1.07. The van der Waals surface area contributed by atoms with Crippen LogP contribution in [0.3, 0.4) is 0 Å². The van der Waals surface area contributed by atoms with E-state index in [2.05, 4.69) is 0 Å². The Morgan fingerprint density at radius 2 is 2.10 bits per heavy atom. The normalized spacial score (nSPS) is 11.6. The van der Waals surface area contributed by atoms with Gasteiger partial charge in [-0.05, 0) is 17.7 Å². The lowest BCUT2D eigenvalue weighted by Gasteiger charge is -2.17. The molecule has 0 radical (unpaired) electrons. The van der Waals surface area contributed by atoms with E-state index in [4.69, 9.17) is 9.84 Å². The van der Waals surface area contributed by atoms with Crippen LogP contribution in [-0.2, 0) is 21.4 Å². The Balaban J connectivity index is 2.77. The van der Waals surface area contributed by atoms with Gasteiger partial charge in [-0.3, -0.25) is 4.79 Å². The van der Waals surface area contributed by atoms with E-state index in [0.717, 1.165) is 4.31 Å². The van der Waals surface area contributed by atoms with Crippen molar-refractivity contribution >= 4 is 16.0 Å². The fourth-order valence-corrected chi connectivity index (χ4v) is 2.63. The Bertz CT molecular complexity index is 588. The quantitative estimate of drug-likeness (QED) is 0.814. The molecule has 1 N–H and O–H groups in total. The number of rotatable bonds is 7. The van der Waals surface area contributed by atoms with Crippen LogP contribution in [0.2, 0.25) is 0 Å². The molecule has 0 amide bonds. The fourth-order valence-electron chi connectivity index (χ4n) is 1.54. The summed E-state index contributed by atoms with van der Waals surface area (Å²) in [4.78, 5) is 10.4. The molecule has 6 nitrogen and oxygen atoms in total. The number of methoxy groups -OCH3 is 1. The summed E-state index contributed by atoms with van der Waals surface area (Å²) in [7, 11) is -1.03. The summed E-state index contributed by atoms with van der Waals surface area (Å²) >= 11 is 0. The van der Waals surface area contributed by atoms with Gasteiger partial charge < -0.3 is 9.84 Å². The average molecular weight is 305 g/mol. The van der Waals surface area contributed by atoms with Crippen molar-refractivity contribution in [3.63, 3.8) is 0 Å². The van der Waals surface area contributed by atoms with Crippen LogP contribution >= 0.6 is 0 Å². The van der Waals surface area contributed by atoms with Gasteiger partial charge in [0.1, 0.15) is 0 Å². The van der Waals surface area contributed by atoms with Crippen LogP contribution in [0.1, 0.15) is 12.0 Å². The number of hydrogen-bond donors (Lipinski definition) is 1. The number of ether oxygens (including phenoxy) is 1. The topological polar surface area (TPSA) is 83.9 Å². The largest absolute Gasteiger partial charge is 0.494 e. The first-order valence-electron chi connectivity index (χ1n) is 5.74.